The van der Waals surface area contributed by atoms with E-state index in [9.17, 15) is 0 Å². The number of hydrogen-bond donors (Lipinski definition) is 1. The molecule has 3 rings (SSSR count). The molecule has 0 amide bonds. The third-order valence-electron chi connectivity index (χ3n) is 3.53. The predicted molar refractivity (Wildman–Crippen MR) is 74.4 cm³/mol. The van der Waals surface area contributed by atoms with Crippen LogP contribution in [0.25, 0.3) is 0 Å². The van der Waals surface area contributed by atoms with Gasteiger partial charge in [-0.3, -0.25) is 0 Å². The normalized spacial score (nSPS) is 17.1. The van der Waals surface area contributed by atoms with Crippen LogP contribution in [0.15, 0.2) is 30.6 Å². The molecule has 0 bridgehead atoms. The van der Waals surface area contributed by atoms with E-state index < -0.39 is 0 Å². The number of ether oxygens (including phenoxy) is 1. The minimum atomic E-state index is 0.271. The van der Waals surface area contributed by atoms with Gasteiger partial charge in [0.05, 0.1) is 13.2 Å². The summed E-state index contributed by atoms with van der Waals surface area (Å²) in [5.41, 5.74) is 3.66. The molecule has 0 radical (unpaired) electrons. The Kier molecular flexibility index (Phi) is 3.07. The molecule has 1 aliphatic carbocycles. The van der Waals surface area contributed by atoms with Crippen LogP contribution in [0.4, 0.5) is 5.95 Å². The SMILES string of the molecule is COc1cccc2c1CCC2Nc1ncc(C)cn1. The lowest BCUT2D eigenvalue weighted by atomic mass is 10.1. The molecular formula is C15H17N3O. The summed E-state index contributed by atoms with van der Waals surface area (Å²) < 4.78 is 5.41. The van der Waals surface area contributed by atoms with Gasteiger partial charge in [-0.2, -0.15) is 0 Å². The fraction of sp³-hybridized carbons (Fsp3) is 0.333. The molecule has 98 valence electrons. The minimum Gasteiger partial charge on any atom is -0.496 e. The second kappa shape index (κ2) is 4.88. The van der Waals surface area contributed by atoms with Crippen LogP contribution >= 0.6 is 0 Å². The van der Waals surface area contributed by atoms with E-state index >= 15 is 0 Å². The molecule has 1 unspecified atom stereocenters. The second-order valence-corrected chi connectivity index (χ2v) is 4.85. The van der Waals surface area contributed by atoms with E-state index in [-0.39, 0.29) is 6.04 Å². The molecular weight excluding hydrogens is 238 g/mol. The first-order chi connectivity index (χ1) is 9.28. The number of aromatic nitrogens is 2. The van der Waals surface area contributed by atoms with Crippen molar-refractivity contribution in [3.63, 3.8) is 0 Å². The Morgan fingerprint density at radius 3 is 2.79 bits per heavy atom. The molecule has 0 fully saturated rings. The fourth-order valence-electron chi connectivity index (χ4n) is 2.58. The first kappa shape index (κ1) is 12.0. The first-order valence-electron chi connectivity index (χ1n) is 6.49. The molecule has 4 heteroatoms. The van der Waals surface area contributed by atoms with Gasteiger partial charge < -0.3 is 10.1 Å². The summed E-state index contributed by atoms with van der Waals surface area (Å²) in [5, 5.41) is 3.40. The topological polar surface area (TPSA) is 47.0 Å². The van der Waals surface area contributed by atoms with E-state index in [0.29, 0.717) is 5.95 Å². The highest BCUT2D eigenvalue weighted by Crippen LogP contribution is 2.38. The molecule has 2 aromatic rings. The lowest BCUT2D eigenvalue weighted by Gasteiger charge is -2.14. The summed E-state index contributed by atoms with van der Waals surface area (Å²) in [7, 11) is 1.72. The van der Waals surface area contributed by atoms with Crippen LogP contribution in [0.5, 0.6) is 5.75 Å². The van der Waals surface area contributed by atoms with Crippen LogP contribution in [0.2, 0.25) is 0 Å². The number of fused-ring (bicyclic) bond motifs is 1. The second-order valence-electron chi connectivity index (χ2n) is 4.85. The molecule has 1 atom stereocenters. The summed E-state index contributed by atoms with van der Waals surface area (Å²) in [5.74, 6) is 1.66. The average molecular weight is 255 g/mol. The zero-order valence-corrected chi connectivity index (χ0v) is 11.2. The van der Waals surface area contributed by atoms with E-state index in [1.54, 1.807) is 7.11 Å². The molecule has 1 heterocycles. The number of aryl methyl sites for hydroxylation is 1. The highest BCUT2D eigenvalue weighted by Gasteiger charge is 2.25. The number of hydrogen-bond acceptors (Lipinski definition) is 4. The van der Waals surface area contributed by atoms with Crippen LogP contribution in [0, 0.1) is 6.92 Å². The largest absolute Gasteiger partial charge is 0.496 e. The van der Waals surface area contributed by atoms with Gasteiger partial charge in [0.1, 0.15) is 5.75 Å². The first-order valence-corrected chi connectivity index (χ1v) is 6.49. The van der Waals surface area contributed by atoms with E-state index in [4.69, 9.17) is 4.74 Å². The van der Waals surface area contributed by atoms with Crippen molar-refractivity contribution in [2.45, 2.75) is 25.8 Å². The van der Waals surface area contributed by atoms with Gasteiger partial charge in [0.15, 0.2) is 0 Å². The summed E-state index contributed by atoms with van der Waals surface area (Å²) in [6.07, 6.45) is 5.74. The maximum absolute atomic E-state index is 5.41. The maximum Gasteiger partial charge on any atom is 0.223 e. The Morgan fingerprint density at radius 2 is 2.05 bits per heavy atom. The molecule has 4 nitrogen and oxygen atoms in total. The highest BCUT2D eigenvalue weighted by atomic mass is 16.5. The minimum absolute atomic E-state index is 0.271. The van der Waals surface area contributed by atoms with Crippen molar-refractivity contribution >= 4 is 5.95 Å². The molecule has 1 aromatic heterocycles. The number of nitrogens with one attached hydrogen (secondary N) is 1. The van der Waals surface area contributed by atoms with Gasteiger partial charge in [-0.25, -0.2) is 9.97 Å². The predicted octanol–water partition coefficient (Wildman–Crippen LogP) is 2.89. The van der Waals surface area contributed by atoms with Crippen LogP contribution in [-0.2, 0) is 6.42 Å². The summed E-state index contributed by atoms with van der Waals surface area (Å²) >= 11 is 0. The van der Waals surface area contributed by atoms with Crippen molar-refractivity contribution in [3.05, 3.63) is 47.3 Å². The summed E-state index contributed by atoms with van der Waals surface area (Å²) in [6, 6.07) is 6.47. The zero-order valence-electron chi connectivity index (χ0n) is 11.2. The zero-order chi connectivity index (χ0) is 13.2. The molecule has 0 spiro atoms. The maximum atomic E-state index is 5.41. The Balaban J connectivity index is 1.84. The molecule has 1 aromatic carbocycles. The average Bonchev–Trinajstić information content (AvgIpc) is 2.84. The van der Waals surface area contributed by atoms with Crippen molar-refractivity contribution in [3.8, 4) is 5.75 Å². The Hall–Kier alpha value is -2.10. The number of benzene rings is 1. The van der Waals surface area contributed by atoms with Crippen molar-refractivity contribution in [2.24, 2.45) is 0 Å². The van der Waals surface area contributed by atoms with Crippen LogP contribution < -0.4 is 10.1 Å². The number of rotatable bonds is 3. The van der Waals surface area contributed by atoms with Crippen LogP contribution in [0.3, 0.4) is 0 Å². The van der Waals surface area contributed by atoms with Gasteiger partial charge in [0.25, 0.3) is 0 Å². The molecule has 0 saturated carbocycles. The third kappa shape index (κ3) is 2.26. The van der Waals surface area contributed by atoms with Gasteiger partial charge in [-0.05, 0) is 42.5 Å². The lowest BCUT2D eigenvalue weighted by Crippen LogP contribution is -2.09. The molecule has 1 N–H and O–H groups in total. The van der Waals surface area contributed by atoms with E-state index in [2.05, 4.69) is 21.4 Å². The van der Waals surface area contributed by atoms with Gasteiger partial charge in [-0.15, -0.1) is 0 Å². The van der Waals surface area contributed by atoms with Crippen molar-refractivity contribution in [1.82, 2.24) is 9.97 Å². The van der Waals surface area contributed by atoms with Crippen molar-refractivity contribution in [1.29, 1.82) is 0 Å². The Labute approximate surface area is 112 Å². The standard InChI is InChI=1S/C15H17N3O/c1-10-8-16-15(17-9-10)18-13-7-6-12-11(13)4-3-5-14(12)19-2/h3-5,8-9,13H,6-7H2,1-2H3,(H,16,17,18). The third-order valence-corrected chi connectivity index (χ3v) is 3.53. The van der Waals surface area contributed by atoms with Gasteiger partial charge in [0.2, 0.25) is 5.95 Å². The number of nitrogens with zero attached hydrogens (tertiary/aromatic N) is 2. The quantitative estimate of drug-likeness (QED) is 0.916. The summed E-state index contributed by atoms with van der Waals surface area (Å²) in [6.45, 7) is 1.99. The Bertz CT molecular complexity index is 580. The van der Waals surface area contributed by atoms with Crippen LogP contribution in [0.1, 0.15) is 29.2 Å². The molecule has 1 aliphatic rings. The van der Waals surface area contributed by atoms with E-state index in [1.807, 2.05) is 31.5 Å². The molecule has 19 heavy (non-hydrogen) atoms. The van der Waals surface area contributed by atoms with E-state index in [0.717, 1.165) is 24.2 Å². The molecule has 0 saturated heterocycles. The monoisotopic (exact) mass is 255 g/mol. The van der Waals surface area contributed by atoms with Crippen LogP contribution in [-0.4, -0.2) is 17.1 Å². The Morgan fingerprint density at radius 1 is 1.26 bits per heavy atom. The fourth-order valence-corrected chi connectivity index (χ4v) is 2.58. The van der Waals surface area contributed by atoms with Crippen molar-refractivity contribution < 1.29 is 4.74 Å². The summed E-state index contributed by atoms with van der Waals surface area (Å²) in [4.78, 5) is 8.61. The number of methoxy groups -OCH3 is 1. The van der Waals surface area contributed by atoms with Gasteiger partial charge in [0, 0.05) is 12.4 Å². The van der Waals surface area contributed by atoms with Crippen molar-refractivity contribution in [2.75, 3.05) is 12.4 Å². The van der Waals surface area contributed by atoms with Gasteiger partial charge >= 0.3 is 0 Å². The number of anilines is 1. The van der Waals surface area contributed by atoms with E-state index in [1.165, 1.54) is 11.1 Å². The highest BCUT2D eigenvalue weighted by molar-refractivity contribution is 5.47. The van der Waals surface area contributed by atoms with Gasteiger partial charge in [-0.1, -0.05) is 12.1 Å². The lowest BCUT2D eigenvalue weighted by molar-refractivity contribution is 0.410. The molecule has 0 aliphatic heterocycles. The smallest absolute Gasteiger partial charge is 0.223 e.